The zero-order valence-electron chi connectivity index (χ0n) is 12.7. The highest BCUT2D eigenvalue weighted by atomic mass is 16.3. The van der Waals surface area contributed by atoms with Crippen molar-refractivity contribution in [3.8, 4) is 0 Å². The van der Waals surface area contributed by atoms with E-state index in [1.54, 1.807) is 12.4 Å². The number of rotatable bonds is 6. The minimum absolute atomic E-state index is 0.0289. The lowest BCUT2D eigenvalue weighted by molar-refractivity contribution is 0.311. The molecule has 24 heavy (non-hydrogen) atoms. The Hall–Kier alpha value is -3.33. The quantitative estimate of drug-likeness (QED) is 0.298. The van der Waals surface area contributed by atoms with E-state index in [9.17, 15) is 0 Å². The van der Waals surface area contributed by atoms with Gasteiger partial charge in [0.05, 0.1) is 29.4 Å². The Morgan fingerprint density at radius 1 is 1.12 bits per heavy atom. The van der Waals surface area contributed by atoms with Crippen LogP contribution < -0.4 is 16.2 Å². The van der Waals surface area contributed by atoms with Gasteiger partial charge in [0.25, 0.3) is 0 Å². The molecule has 6 N–H and O–H groups in total. The monoisotopic (exact) mass is 324 g/mol. The number of nitrogens with one attached hydrogen (secondary N) is 5. The summed E-state index contributed by atoms with van der Waals surface area (Å²) in [6.07, 6.45) is 3.57. The van der Waals surface area contributed by atoms with Gasteiger partial charge >= 0.3 is 0 Å². The Balaban J connectivity index is 1.56. The number of fused-ring (bicyclic) bond motifs is 2. The molecule has 1 aromatic carbocycles. The zero-order valence-corrected chi connectivity index (χ0v) is 12.7. The maximum atomic E-state index is 8.99. The molecule has 4 rings (SSSR count). The molecule has 9 heteroatoms. The van der Waals surface area contributed by atoms with Crippen LogP contribution in [0.2, 0.25) is 0 Å². The summed E-state index contributed by atoms with van der Waals surface area (Å²) in [7, 11) is 0. The SMILES string of the molecule is OCCNc1nc(NNc2ccc3cn[nH]c3c2)nc2[nH]ccc12. The van der Waals surface area contributed by atoms with Gasteiger partial charge in [-0.25, -0.2) is 0 Å². The van der Waals surface area contributed by atoms with Crippen molar-refractivity contribution < 1.29 is 5.11 Å². The topological polar surface area (TPSA) is 127 Å². The summed E-state index contributed by atoms with van der Waals surface area (Å²) in [5.41, 5.74) is 8.56. The van der Waals surface area contributed by atoms with Crippen LogP contribution in [-0.4, -0.2) is 43.4 Å². The Bertz CT molecular complexity index is 976. The van der Waals surface area contributed by atoms with Crippen LogP contribution in [0.1, 0.15) is 0 Å². The number of aromatic amines is 2. The molecular weight excluding hydrogens is 308 g/mol. The van der Waals surface area contributed by atoms with Gasteiger partial charge in [-0.05, 0) is 24.3 Å². The lowest BCUT2D eigenvalue weighted by Gasteiger charge is -2.11. The third-order valence-corrected chi connectivity index (χ3v) is 3.58. The van der Waals surface area contributed by atoms with Crippen molar-refractivity contribution in [2.75, 3.05) is 29.3 Å². The maximum absolute atomic E-state index is 8.99. The van der Waals surface area contributed by atoms with E-state index in [0.717, 1.165) is 22.0 Å². The minimum atomic E-state index is 0.0289. The predicted molar refractivity (Wildman–Crippen MR) is 92.8 cm³/mol. The van der Waals surface area contributed by atoms with Crippen molar-refractivity contribution in [3.63, 3.8) is 0 Å². The van der Waals surface area contributed by atoms with Crippen LogP contribution in [0.4, 0.5) is 17.5 Å². The summed E-state index contributed by atoms with van der Waals surface area (Å²) in [4.78, 5) is 11.9. The molecule has 0 spiro atoms. The fourth-order valence-electron chi connectivity index (χ4n) is 2.45. The fraction of sp³-hybridized carbons (Fsp3) is 0.133. The van der Waals surface area contributed by atoms with Crippen LogP contribution in [0.5, 0.6) is 0 Å². The standard InChI is InChI=1S/C15H16N8O/c24-6-5-17-14-11-3-4-16-13(11)19-15(20-14)23-21-10-2-1-9-8-18-22-12(9)7-10/h1-4,7-8,21,24H,5-6H2,(H,18,22)(H3,16,17,19,20,23). The predicted octanol–water partition coefficient (Wildman–Crippen LogP) is 1.68. The van der Waals surface area contributed by atoms with E-state index in [0.29, 0.717) is 24.0 Å². The van der Waals surface area contributed by atoms with E-state index in [4.69, 9.17) is 5.11 Å². The van der Waals surface area contributed by atoms with E-state index in [-0.39, 0.29) is 6.61 Å². The van der Waals surface area contributed by atoms with Crippen molar-refractivity contribution >= 4 is 39.4 Å². The van der Waals surface area contributed by atoms with Gasteiger partial charge in [-0.2, -0.15) is 15.1 Å². The normalized spacial score (nSPS) is 11.0. The number of hydrogen-bond acceptors (Lipinski definition) is 7. The largest absolute Gasteiger partial charge is 0.395 e. The molecule has 0 unspecified atom stereocenters. The van der Waals surface area contributed by atoms with E-state index in [1.807, 2.05) is 24.3 Å². The van der Waals surface area contributed by atoms with E-state index < -0.39 is 0 Å². The Morgan fingerprint density at radius 2 is 2.08 bits per heavy atom. The van der Waals surface area contributed by atoms with Crippen molar-refractivity contribution in [2.24, 2.45) is 0 Å². The molecule has 122 valence electrons. The summed E-state index contributed by atoms with van der Waals surface area (Å²) in [6, 6.07) is 7.72. The van der Waals surface area contributed by atoms with Crippen LogP contribution in [0.15, 0.2) is 36.7 Å². The van der Waals surface area contributed by atoms with Gasteiger partial charge in [-0.15, -0.1) is 0 Å². The number of aliphatic hydroxyl groups is 1. The molecule has 9 nitrogen and oxygen atoms in total. The van der Waals surface area contributed by atoms with Crippen LogP contribution in [0, 0.1) is 0 Å². The number of benzene rings is 1. The van der Waals surface area contributed by atoms with E-state index in [1.165, 1.54) is 0 Å². The van der Waals surface area contributed by atoms with Crippen molar-refractivity contribution in [2.45, 2.75) is 0 Å². The van der Waals surface area contributed by atoms with Gasteiger partial charge in [0.1, 0.15) is 11.5 Å². The summed E-state index contributed by atoms with van der Waals surface area (Å²) >= 11 is 0. The highest BCUT2D eigenvalue weighted by Crippen LogP contribution is 2.21. The molecule has 0 saturated heterocycles. The summed E-state index contributed by atoms with van der Waals surface area (Å²) in [6.45, 7) is 0.446. The van der Waals surface area contributed by atoms with Crippen LogP contribution in [0.25, 0.3) is 21.9 Å². The minimum Gasteiger partial charge on any atom is -0.395 e. The number of H-pyrrole nitrogens is 2. The van der Waals surface area contributed by atoms with Crippen molar-refractivity contribution in [3.05, 3.63) is 36.7 Å². The molecule has 3 heterocycles. The number of nitrogens with zero attached hydrogens (tertiary/aromatic N) is 3. The number of hydrogen-bond donors (Lipinski definition) is 6. The first-order valence-electron chi connectivity index (χ1n) is 7.48. The first-order valence-corrected chi connectivity index (χ1v) is 7.48. The number of aliphatic hydroxyl groups excluding tert-OH is 1. The fourth-order valence-corrected chi connectivity index (χ4v) is 2.45. The lowest BCUT2D eigenvalue weighted by atomic mass is 10.2. The second kappa shape index (κ2) is 6.05. The van der Waals surface area contributed by atoms with Crippen LogP contribution >= 0.6 is 0 Å². The number of anilines is 3. The molecule has 0 aliphatic heterocycles. The molecule has 0 bridgehead atoms. The van der Waals surface area contributed by atoms with Gasteiger partial charge in [0, 0.05) is 18.1 Å². The molecule has 4 aromatic rings. The highest BCUT2D eigenvalue weighted by molar-refractivity contribution is 5.88. The van der Waals surface area contributed by atoms with Gasteiger partial charge in [-0.1, -0.05) is 0 Å². The maximum Gasteiger partial charge on any atom is 0.245 e. The Morgan fingerprint density at radius 3 is 3.00 bits per heavy atom. The van der Waals surface area contributed by atoms with Gasteiger partial charge in [-0.3, -0.25) is 16.0 Å². The molecule has 0 amide bonds. The Kier molecular flexibility index (Phi) is 3.60. The smallest absolute Gasteiger partial charge is 0.245 e. The number of hydrazine groups is 1. The lowest BCUT2D eigenvalue weighted by Crippen LogP contribution is -2.14. The zero-order chi connectivity index (χ0) is 16.4. The number of aromatic nitrogens is 5. The van der Waals surface area contributed by atoms with Crippen LogP contribution in [0.3, 0.4) is 0 Å². The molecule has 3 aromatic heterocycles. The molecule has 0 aliphatic carbocycles. The first-order chi connectivity index (χ1) is 11.8. The first kappa shape index (κ1) is 14.3. The summed E-state index contributed by atoms with van der Waals surface area (Å²) in [5.74, 6) is 1.07. The van der Waals surface area contributed by atoms with Crippen LogP contribution in [-0.2, 0) is 0 Å². The molecule has 0 radical (unpaired) electrons. The van der Waals surface area contributed by atoms with Gasteiger partial charge in [0.2, 0.25) is 5.95 Å². The third kappa shape index (κ3) is 2.68. The molecule has 0 saturated carbocycles. The Labute approximate surface area is 136 Å². The molecule has 0 fully saturated rings. The second-order valence-electron chi connectivity index (χ2n) is 5.21. The molecule has 0 aliphatic rings. The third-order valence-electron chi connectivity index (χ3n) is 3.58. The second-order valence-corrected chi connectivity index (χ2v) is 5.21. The van der Waals surface area contributed by atoms with Gasteiger partial charge < -0.3 is 15.4 Å². The highest BCUT2D eigenvalue weighted by Gasteiger charge is 2.08. The van der Waals surface area contributed by atoms with Gasteiger partial charge in [0.15, 0.2) is 0 Å². The summed E-state index contributed by atoms with van der Waals surface area (Å²) in [5, 5.41) is 20.9. The van der Waals surface area contributed by atoms with E-state index in [2.05, 4.69) is 41.3 Å². The van der Waals surface area contributed by atoms with E-state index >= 15 is 0 Å². The summed E-state index contributed by atoms with van der Waals surface area (Å²) < 4.78 is 0. The molecular formula is C15H16N8O. The van der Waals surface area contributed by atoms with Crippen molar-refractivity contribution in [1.29, 1.82) is 0 Å². The van der Waals surface area contributed by atoms with Crippen molar-refractivity contribution in [1.82, 2.24) is 25.1 Å². The molecule has 0 atom stereocenters. The average Bonchev–Trinajstić information content (AvgIpc) is 3.26. The average molecular weight is 324 g/mol.